The molecule has 1 saturated carbocycles. The predicted molar refractivity (Wildman–Crippen MR) is 82.8 cm³/mol. The van der Waals surface area contributed by atoms with Crippen LogP contribution in [0.1, 0.15) is 50.6 Å². The molecule has 0 aromatic carbocycles. The van der Waals surface area contributed by atoms with Gasteiger partial charge in [0.25, 0.3) is 0 Å². The van der Waals surface area contributed by atoms with Crippen molar-refractivity contribution in [2.24, 2.45) is 17.7 Å². The second kappa shape index (κ2) is 6.50. The molecule has 0 spiro atoms. The Morgan fingerprint density at radius 1 is 1.53 bits per heavy atom. The molecule has 2 nitrogen and oxygen atoms in total. The summed E-state index contributed by atoms with van der Waals surface area (Å²) < 4.78 is 1.35. The minimum atomic E-state index is 0.347. The van der Waals surface area contributed by atoms with Crippen molar-refractivity contribution in [1.82, 2.24) is 5.43 Å². The molecule has 0 saturated heterocycles. The van der Waals surface area contributed by atoms with E-state index >= 15 is 0 Å². The quantitative estimate of drug-likeness (QED) is 0.480. The van der Waals surface area contributed by atoms with Gasteiger partial charge in [-0.05, 0) is 57.9 Å². The van der Waals surface area contributed by atoms with Gasteiger partial charge in [-0.15, -0.1) is 11.3 Å². The molecule has 0 amide bonds. The van der Waals surface area contributed by atoms with Crippen molar-refractivity contribution < 1.29 is 0 Å². The molecule has 1 heterocycles. The zero-order chi connectivity index (χ0) is 12.3. The molecule has 0 radical (unpaired) electrons. The number of nitrogens with two attached hydrogens (primary N) is 1. The van der Waals surface area contributed by atoms with Gasteiger partial charge in [0.05, 0.1) is 2.88 Å². The number of hydrazine groups is 1. The number of hydrogen-bond donors (Lipinski definition) is 2. The highest BCUT2D eigenvalue weighted by molar-refractivity contribution is 14.1. The highest BCUT2D eigenvalue weighted by Crippen LogP contribution is 2.40. The van der Waals surface area contributed by atoms with Crippen molar-refractivity contribution in [3.63, 3.8) is 0 Å². The SMILES string of the molecule is CCC1CCCCC1C(NN)c1csc(I)c1. The van der Waals surface area contributed by atoms with Crippen LogP contribution in [0.25, 0.3) is 0 Å². The van der Waals surface area contributed by atoms with Crippen molar-refractivity contribution in [2.45, 2.75) is 45.1 Å². The Balaban J connectivity index is 2.16. The van der Waals surface area contributed by atoms with E-state index in [1.165, 1.54) is 40.6 Å². The Kier molecular flexibility index (Phi) is 5.26. The monoisotopic (exact) mass is 364 g/mol. The summed E-state index contributed by atoms with van der Waals surface area (Å²) in [5, 5.41) is 2.26. The van der Waals surface area contributed by atoms with E-state index in [2.05, 4.69) is 46.4 Å². The third-order valence-corrected chi connectivity index (χ3v) is 5.85. The van der Waals surface area contributed by atoms with Gasteiger partial charge in [-0.1, -0.05) is 32.6 Å². The highest BCUT2D eigenvalue weighted by Gasteiger charge is 2.31. The maximum Gasteiger partial charge on any atom is 0.0656 e. The Morgan fingerprint density at radius 3 is 2.88 bits per heavy atom. The van der Waals surface area contributed by atoms with Gasteiger partial charge in [0.15, 0.2) is 0 Å². The summed E-state index contributed by atoms with van der Waals surface area (Å²) in [6.45, 7) is 2.31. The molecule has 1 aromatic rings. The summed E-state index contributed by atoms with van der Waals surface area (Å²) in [4.78, 5) is 0. The summed E-state index contributed by atoms with van der Waals surface area (Å²) in [6.07, 6.45) is 6.73. The molecule has 1 aliphatic carbocycles. The van der Waals surface area contributed by atoms with Gasteiger partial charge in [0.1, 0.15) is 0 Å². The molecule has 0 bridgehead atoms. The van der Waals surface area contributed by atoms with Crippen LogP contribution in [0.2, 0.25) is 0 Å². The third kappa shape index (κ3) is 3.22. The first-order chi connectivity index (χ1) is 8.26. The summed E-state index contributed by atoms with van der Waals surface area (Å²) in [7, 11) is 0. The predicted octanol–water partition coefficient (Wildman–Crippen LogP) is 4.07. The van der Waals surface area contributed by atoms with Crippen LogP contribution in [0.5, 0.6) is 0 Å². The van der Waals surface area contributed by atoms with E-state index in [0.29, 0.717) is 12.0 Å². The molecule has 17 heavy (non-hydrogen) atoms. The number of rotatable bonds is 4. The zero-order valence-electron chi connectivity index (χ0n) is 10.3. The fourth-order valence-electron chi connectivity index (χ4n) is 3.14. The van der Waals surface area contributed by atoms with Gasteiger partial charge in [-0.2, -0.15) is 0 Å². The Hall–Kier alpha value is 0.350. The summed E-state index contributed by atoms with van der Waals surface area (Å²) in [5.41, 5.74) is 4.45. The first kappa shape index (κ1) is 13.8. The lowest BCUT2D eigenvalue weighted by Gasteiger charge is -2.36. The number of thiophene rings is 1. The molecule has 1 aromatic heterocycles. The Labute approximate surface area is 121 Å². The highest BCUT2D eigenvalue weighted by atomic mass is 127. The summed E-state index contributed by atoms with van der Waals surface area (Å²) >= 11 is 4.20. The smallest absolute Gasteiger partial charge is 0.0656 e. The maximum atomic E-state index is 5.81. The molecule has 96 valence electrons. The average molecular weight is 364 g/mol. The van der Waals surface area contributed by atoms with Crippen LogP contribution >= 0.6 is 33.9 Å². The van der Waals surface area contributed by atoms with Crippen LogP contribution in [0, 0.1) is 14.7 Å². The van der Waals surface area contributed by atoms with Crippen molar-refractivity contribution >= 4 is 33.9 Å². The van der Waals surface area contributed by atoms with E-state index in [4.69, 9.17) is 5.84 Å². The largest absolute Gasteiger partial charge is 0.271 e. The molecule has 3 unspecified atom stereocenters. The Bertz CT molecular complexity index is 353. The molecule has 0 aliphatic heterocycles. The normalized spacial score (nSPS) is 27.0. The first-order valence-electron chi connectivity index (χ1n) is 6.46. The molecule has 1 fully saturated rings. The van der Waals surface area contributed by atoms with Crippen LogP contribution in [0.4, 0.5) is 0 Å². The number of nitrogens with one attached hydrogen (secondary N) is 1. The topological polar surface area (TPSA) is 38.0 Å². The van der Waals surface area contributed by atoms with Crippen molar-refractivity contribution in [2.75, 3.05) is 0 Å². The van der Waals surface area contributed by atoms with Crippen LogP contribution in [-0.4, -0.2) is 0 Å². The molecule has 3 atom stereocenters. The molecular weight excluding hydrogens is 343 g/mol. The van der Waals surface area contributed by atoms with Gasteiger partial charge in [-0.3, -0.25) is 11.3 Å². The van der Waals surface area contributed by atoms with Gasteiger partial charge in [0, 0.05) is 6.04 Å². The van der Waals surface area contributed by atoms with E-state index in [1.807, 2.05) is 11.3 Å². The van der Waals surface area contributed by atoms with E-state index in [0.717, 1.165) is 5.92 Å². The van der Waals surface area contributed by atoms with Gasteiger partial charge in [0.2, 0.25) is 0 Å². The van der Waals surface area contributed by atoms with E-state index in [1.54, 1.807) is 0 Å². The summed E-state index contributed by atoms with van der Waals surface area (Å²) in [5.74, 6) is 7.36. The fourth-order valence-corrected chi connectivity index (χ4v) is 4.54. The lowest BCUT2D eigenvalue weighted by molar-refractivity contribution is 0.176. The van der Waals surface area contributed by atoms with Crippen LogP contribution < -0.4 is 11.3 Å². The van der Waals surface area contributed by atoms with Crippen LogP contribution in [-0.2, 0) is 0 Å². The Morgan fingerprint density at radius 2 is 2.29 bits per heavy atom. The van der Waals surface area contributed by atoms with Crippen LogP contribution in [0.15, 0.2) is 11.4 Å². The summed E-state index contributed by atoms with van der Waals surface area (Å²) in [6, 6.07) is 2.62. The second-order valence-electron chi connectivity index (χ2n) is 4.95. The first-order valence-corrected chi connectivity index (χ1v) is 8.42. The lowest BCUT2D eigenvalue weighted by Crippen LogP contribution is -2.37. The van der Waals surface area contributed by atoms with Gasteiger partial charge in [-0.25, -0.2) is 0 Å². The number of halogens is 1. The number of hydrogen-bond acceptors (Lipinski definition) is 3. The molecule has 1 aliphatic rings. The van der Waals surface area contributed by atoms with Crippen LogP contribution in [0.3, 0.4) is 0 Å². The zero-order valence-corrected chi connectivity index (χ0v) is 13.3. The maximum absolute atomic E-state index is 5.81. The van der Waals surface area contributed by atoms with E-state index < -0.39 is 0 Å². The molecule has 4 heteroatoms. The standard InChI is InChI=1S/C13H21IN2S/c1-2-9-5-3-4-6-11(9)13(16-15)10-7-12(14)17-8-10/h7-9,11,13,16H,2-6,15H2,1H3. The third-order valence-electron chi connectivity index (χ3n) is 4.05. The minimum absolute atomic E-state index is 0.347. The van der Waals surface area contributed by atoms with Crippen molar-refractivity contribution in [3.8, 4) is 0 Å². The van der Waals surface area contributed by atoms with Gasteiger partial charge < -0.3 is 0 Å². The second-order valence-corrected chi connectivity index (χ2v) is 7.75. The van der Waals surface area contributed by atoms with Crippen molar-refractivity contribution in [3.05, 3.63) is 19.9 Å². The van der Waals surface area contributed by atoms with Crippen molar-refractivity contribution in [1.29, 1.82) is 0 Å². The fraction of sp³-hybridized carbons (Fsp3) is 0.692. The lowest BCUT2D eigenvalue weighted by atomic mass is 9.73. The minimum Gasteiger partial charge on any atom is -0.271 e. The molecular formula is C13H21IN2S. The van der Waals surface area contributed by atoms with E-state index in [9.17, 15) is 0 Å². The van der Waals surface area contributed by atoms with Gasteiger partial charge >= 0.3 is 0 Å². The average Bonchev–Trinajstić information content (AvgIpc) is 2.77. The molecule has 2 rings (SSSR count). The van der Waals surface area contributed by atoms with E-state index in [-0.39, 0.29) is 0 Å². The molecule has 3 N–H and O–H groups in total.